The van der Waals surface area contributed by atoms with Gasteiger partial charge in [0.1, 0.15) is 11.8 Å². The highest BCUT2D eigenvalue weighted by Gasteiger charge is 2.36. The van der Waals surface area contributed by atoms with E-state index >= 15 is 0 Å². The van der Waals surface area contributed by atoms with E-state index in [1.807, 2.05) is 50.2 Å². The average Bonchev–Trinajstić information content (AvgIpc) is 2.63. The van der Waals surface area contributed by atoms with Gasteiger partial charge in [0.2, 0.25) is 5.91 Å². The van der Waals surface area contributed by atoms with Crippen LogP contribution in [0.2, 0.25) is 0 Å². The summed E-state index contributed by atoms with van der Waals surface area (Å²) in [5, 5.41) is 0. The largest absolute Gasteiger partial charge is 0.495 e. The molecule has 1 aliphatic rings. The Hall–Kier alpha value is -2.82. The van der Waals surface area contributed by atoms with Crippen molar-refractivity contribution < 1.29 is 14.3 Å². The summed E-state index contributed by atoms with van der Waals surface area (Å²) in [6.45, 7) is 6.64. The van der Waals surface area contributed by atoms with Crippen molar-refractivity contribution in [3.05, 3.63) is 59.2 Å². The molecule has 2 amide bonds. The third kappa shape index (κ3) is 3.29. The van der Waals surface area contributed by atoms with Crippen LogP contribution in [0.1, 0.15) is 28.4 Å². The fourth-order valence-corrected chi connectivity index (χ4v) is 3.34. The molecule has 1 saturated heterocycles. The number of benzene rings is 2. The van der Waals surface area contributed by atoms with E-state index < -0.39 is 6.04 Å². The number of rotatable bonds is 3. The van der Waals surface area contributed by atoms with Crippen LogP contribution in [0, 0.1) is 13.8 Å². The van der Waals surface area contributed by atoms with Crippen molar-refractivity contribution in [3.8, 4) is 5.75 Å². The van der Waals surface area contributed by atoms with Gasteiger partial charge in [-0.2, -0.15) is 0 Å². The second-order valence-corrected chi connectivity index (χ2v) is 6.71. The third-order valence-electron chi connectivity index (χ3n) is 4.81. The van der Waals surface area contributed by atoms with Crippen LogP contribution < -0.4 is 9.64 Å². The van der Waals surface area contributed by atoms with Gasteiger partial charge in [0.15, 0.2) is 0 Å². The fourth-order valence-electron chi connectivity index (χ4n) is 3.34. The molecule has 5 heteroatoms. The van der Waals surface area contributed by atoms with E-state index in [4.69, 9.17) is 4.74 Å². The molecule has 2 aromatic rings. The SMILES string of the molecule is COc1ccc(C)cc1N1CCN(C(=O)c2cccc(C)c2)C(C)C1=O. The van der Waals surface area contributed by atoms with Gasteiger partial charge in [-0.1, -0.05) is 23.8 Å². The highest BCUT2D eigenvalue weighted by Crippen LogP contribution is 2.31. The smallest absolute Gasteiger partial charge is 0.254 e. The number of aryl methyl sites for hydroxylation is 2. The first-order valence-corrected chi connectivity index (χ1v) is 8.76. The number of amides is 2. The Kier molecular flexibility index (Phi) is 4.98. The van der Waals surface area contributed by atoms with Crippen LogP contribution in [0.3, 0.4) is 0 Å². The van der Waals surface area contributed by atoms with Crippen molar-refractivity contribution in [2.75, 3.05) is 25.1 Å². The molecule has 0 spiro atoms. The Balaban J connectivity index is 1.85. The Morgan fingerprint density at radius 1 is 1.08 bits per heavy atom. The molecule has 0 aromatic heterocycles. The lowest BCUT2D eigenvalue weighted by Crippen LogP contribution is -2.57. The quantitative estimate of drug-likeness (QED) is 0.852. The number of anilines is 1. The van der Waals surface area contributed by atoms with Gasteiger partial charge in [0, 0.05) is 18.7 Å². The summed E-state index contributed by atoms with van der Waals surface area (Å²) in [5.41, 5.74) is 3.45. The predicted octanol–water partition coefficient (Wildman–Crippen LogP) is 3.19. The molecule has 3 rings (SSSR count). The molecule has 0 bridgehead atoms. The van der Waals surface area contributed by atoms with Gasteiger partial charge in [0.25, 0.3) is 5.91 Å². The van der Waals surface area contributed by atoms with Crippen LogP contribution in [0.15, 0.2) is 42.5 Å². The first kappa shape index (κ1) is 18.0. The zero-order valence-electron chi connectivity index (χ0n) is 15.7. The standard InChI is InChI=1S/C21H24N2O3/c1-14-6-5-7-17(12-14)21(25)22-10-11-23(20(24)16(22)3)18-13-15(2)8-9-19(18)26-4/h5-9,12-13,16H,10-11H2,1-4H3. The highest BCUT2D eigenvalue weighted by molar-refractivity contribution is 6.04. The zero-order valence-corrected chi connectivity index (χ0v) is 15.7. The Labute approximate surface area is 154 Å². The normalized spacial score (nSPS) is 17.4. The van der Waals surface area contributed by atoms with Gasteiger partial charge in [-0.3, -0.25) is 9.59 Å². The monoisotopic (exact) mass is 352 g/mol. The van der Waals surface area contributed by atoms with Crippen molar-refractivity contribution >= 4 is 17.5 Å². The number of carbonyl (C=O) groups is 2. The molecule has 0 saturated carbocycles. The van der Waals surface area contributed by atoms with Crippen molar-refractivity contribution in [1.29, 1.82) is 0 Å². The molecule has 1 heterocycles. The summed E-state index contributed by atoms with van der Waals surface area (Å²) < 4.78 is 5.42. The number of piperazine rings is 1. The molecule has 1 atom stereocenters. The molecule has 1 aliphatic heterocycles. The van der Waals surface area contributed by atoms with Gasteiger partial charge >= 0.3 is 0 Å². The molecule has 5 nitrogen and oxygen atoms in total. The minimum absolute atomic E-state index is 0.0962. The molecular weight excluding hydrogens is 328 g/mol. The number of methoxy groups -OCH3 is 1. The Morgan fingerprint density at radius 3 is 2.50 bits per heavy atom. The van der Waals surface area contributed by atoms with Gasteiger partial charge in [-0.05, 0) is 50.6 Å². The lowest BCUT2D eigenvalue weighted by atomic mass is 10.1. The predicted molar refractivity (Wildman–Crippen MR) is 102 cm³/mol. The molecule has 1 fully saturated rings. The summed E-state index contributed by atoms with van der Waals surface area (Å²) in [6.07, 6.45) is 0. The van der Waals surface area contributed by atoms with Crippen LogP contribution in [-0.4, -0.2) is 43.0 Å². The zero-order chi connectivity index (χ0) is 18.8. The van der Waals surface area contributed by atoms with Crippen LogP contribution in [-0.2, 0) is 4.79 Å². The topological polar surface area (TPSA) is 49.9 Å². The summed E-state index contributed by atoms with van der Waals surface area (Å²) >= 11 is 0. The minimum Gasteiger partial charge on any atom is -0.495 e. The minimum atomic E-state index is -0.526. The lowest BCUT2D eigenvalue weighted by Gasteiger charge is -2.39. The van der Waals surface area contributed by atoms with Crippen LogP contribution in [0.25, 0.3) is 0 Å². The Bertz CT molecular complexity index is 847. The number of ether oxygens (including phenoxy) is 1. The maximum Gasteiger partial charge on any atom is 0.254 e. The van der Waals surface area contributed by atoms with Gasteiger partial charge in [-0.15, -0.1) is 0 Å². The van der Waals surface area contributed by atoms with E-state index in [1.165, 1.54) is 0 Å². The van der Waals surface area contributed by atoms with E-state index in [2.05, 4.69) is 0 Å². The van der Waals surface area contributed by atoms with E-state index in [1.54, 1.807) is 29.9 Å². The molecule has 0 radical (unpaired) electrons. The van der Waals surface area contributed by atoms with E-state index in [-0.39, 0.29) is 11.8 Å². The van der Waals surface area contributed by atoms with E-state index in [9.17, 15) is 9.59 Å². The molecular formula is C21H24N2O3. The first-order valence-electron chi connectivity index (χ1n) is 8.76. The maximum atomic E-state index is 13.0. The molecule has 1 unspecified atom stereocenters. The Morgan fingerprint density at radius 2 is 1.81 bits per heavy atom. The summed E-state index contributed by atoms with van der Waals surface area (Å²) in [5.74, 6) is 0.459. The van der Waals surface area contributed by atoms with Crippen LogP contribution >= 0.6 is 0 Å². The van der Waals surface area contributed by atoms with E-state index in [0.29, 0.717) is 24.4 Å². The third-order valence-corrected chi connectivity index (χ3v) is 4.81. The molecule has 0 aliphatic carbocycles. The van der Waals surface area contributed by atoms with Crippen LogP contribution in [0.5, 0.6) is 5.75 Å². The second-order valence-electron chi connectivity index (χ2n) is 6.71. The molecule has 0 N–H and O–H groups in total. The van der Waals surface area contributed by atoms with Crippen LogP contribution in [0.4, 0.5) is 5.69 Å². The summed E-state index contributed by atoms with van der Waals surface area (Å²) in [7, 11) is 1.60. The molecule has 2 aromatic carbocycles. The number of hydrogen-bond acceptors (Lipinski definition) is 3. The van der Waals surface area contributed by atoms with Gasteiger partial charge < -0.3 is 14.5 Å². The number of carbonyl (C=O) groups excluding carboxylic acids is 2. The number of hydrogen-bond donors (Lipinski definition) is 0. The molecule has 136 valence electrons. The van der Waals surface area contributed by atoms with Gasteiger partial charge in [-0.25, -0.2) is 0 Å². The molecule has 26 heavy (non-hydrogen) atoms. The van der Waals surface area contributed by atoms with E-state index in [0.717, 1.165) is 16.8 Å². The van der Waals surface area contributed by atoms with Crippen molar-refractivity contribution in [2.24, 2.45) is 0 Å². The lowest BCUT2D eigenvalue weighted by molar-refractivity contribution is -0.124. The summed E-state index contributed by atoms with van der Waals surface area (Å²) in [4.78, 5) is 29.2. The first-order chi connectivity index (χ1) is 12.4. The number of nitrogens with zero attached hydrogens (tertiary/aromatic N) is 2. The van der Waals surface area contributed by atoms with Crippen molar-refractivity contribution in [1.82, 2.24) is 4.90 Å². The highest BCUT2D eigenvalue weighted by atomic mass is 16.5. The van der Waals surface area contributed by atoms with Crippen molar-refractivity contribution in [3.63, 3.8) is 0 Å². The fraction of sp³-hybridized carbons (Fsp3) is 0.333. The maximum absolute atomic E-state index is 13.0. The summed E-state index contributed by atoms with van der Waals surface area (Å²) in [6, 6.07) is 12.7. The average molecular weight is 352 g/mol. The second kappa shape index (κ2) is 7.20. The van der Waals surface area contributed by atoms with Gasteiger partial charge in [0.05, 0.1) is 12.8 Å². The van der Waals surface area contributed by atoms with Crippen molar-refractivity contribution in [2.45, 2.75) is 26.8 Å².